The number of imide groups is 1. The number of piperidine rings is 2. The molecule has 338 valence electrons. The molecule has 5 fully saturated rings. The van der Waals surface area contributed by atoms with E-state index in [4.69, 9.17) is 9.47 Å². The molecule has 8 heterocycles. The van der Waals surface area contributed by atoms with Crippen molar-refractivity contribution in [3.63, 3.8) is 0 Å². The van der Waals surface area contributed by atoms with E-state index in [1.165, 1.54) is 26.0 Å². The van der Waals surface area contributed by atoms with Gasteiger partial charge in [-0.25, -0.2) is 23.1 Å². The molecule has 64 heavy (non-hydrogen) atoms. The molecule has 10 rings (SSSR count). The minimum Gasteiger partial charge on any atom is -0.371 e. The molecule has 1 saturated carbocycles. The van der Waals surface area contributed by atoms with Gasteiger partial charge in [0.2, 0.25) is 11.8 Å². The fourth-order valence-corrected chi connectivity index (χ4v) is 9.49. The van der Waals surface area contributed by atoms with E-state index in [2.05, 4.69) is 49.6 Å². The lowest BCUT2D eigenvalue weighted by molar-refractivity contribution is -0.135. The van der Waals surface area contributed by atoms with E-state index < -0.39 is 35.7 Å². The van der Waals surface area contributed by atoms with Gasteiger partial charge in [-0.05, 0) is 57.4 Å². The second kappa shape index (κ2) is 17.9. The van der Waals surface area contributed by atoms with Crippen molar-refractivity contribution in [1.82, 2.24) is 43.7 Å². The number of ether oxygens (including phenoxy) is 2. The van der Waals surface area contributed by atoms with E-state index in [1.54, 1.807) is 35.0 Å². The number of nitrogens with one attached hydrogen (secondary N) is 2. The number of anilines is 2. The van der Waals surface area contributed by atoms with Crippen LogP contribution in [0.25, 0.3) is 16.7 Å². The number of imidazole rings is 1. The fourth-order valence-electron chi connectivity index (χ4n) is 9.49. The summed E-state index contributed by atoms with van der Waals surface area (Å²) in [6.45, 7) is 3.10. The summed E-state index contributed by atoms with van der Waals surface area (Å²) in [6.07, 6.45) is 9.86. The Morgan fingerprint density at radius 2 is 1.89 bits per heavy atom. The molecule has 3 N–H and O–H groups in total. The van der Waals surface area contributed by atoms with Crippen molar-refractivity contribution in [3.05, 3.63) is 70.2 Å². The second-order valence-corrected chi connectivity index (χ2v) is 17.3. The third-order valence-corrected chi connectivity index (χ3v) is 12.9. The van der Waals surface area contributed by atoms with Gasteiger partial charge in [0.05, 0.1) is 53.3 Å². The number of halogens is 2. The first kappa shape index (κ1) is 43.3. The zero-order valence-electron chi connectivity index (χ0n) is 35.7. The number of nitrogens with zero attached hydrogens (tertiary/aromatic N) is 9. The molecule has 1 aliphatic carbocycles. The van der Waals surface area contributed by atoms with Gasteiger partial charge in [0, 0.05) is 51.9 Å². The highest BCUT2D eigenvalue weighted by Gasteiger charge is 2.51. The molecule has 4 aliphatic heterocycles. The number of morpholine rings is 1. The number of carbonyl (C=O) groups excluding carboxylic acids is 3. The van der Waals surface area contributed by atoms with Crippen LogP contribution in [0.5, 0.6) is 0 Å². The van der Waals surface area contributed by atoms with Gasteiger partial charge >= 0.3 is 5.69 Å². The van der Waals surface area contributed by atoms with Crippen molar-refractivity contribution < 1.29 is 37.7 Å². The van der Waals surface area contributed by atoms with Crippen LogP contribution in [0.1, 0.15) is 104 Å². The quantitative estimate of drug-likeness (QED) is 0.151. The number of benzene rings is 1. The number of hydrogen-bond donors (Lipinski definition) is 3. The summed E-state index contributed by atoms with van der Waals surface area (Å²) in [4.78, 5) is 58.4. The predicted molar refractivity (Wildman–Crippen MR) is 229 cm³/mol. The van der Waals surface area contributed by atoms with Gasteiger partial charge in [-0.3, -0.25) is 33.5 Å². The first-order valence-electron chi connectivity index (χ1n) is 21.8. The van der Waals surface area contributed by atoms with Gasteiger partial charge in [-0.1, -0.05) is 37.2 Å². The van der Waals surface area contributed by atoms with Crippen LogP contribution in [0, 0.1) is 11.8 Å². The third-order valence-electron chi connectivity index (χ3n) is 12.9. The average Bonchev–Trinajstić information content (AvgIpc) is 4.12. The highest BCUT2D eigenvalue weighted by molar-refractivity contribution is 6.08. The molecular formula is C44H51F2N11O7. The Morgan fingerprint density at radius 1 is 1.09 bits per heavy atom. The van der Waals surface area contributed by atoms with Crippen molar-refractivity contribution in [3.8, 4) is 11.8 Å². The first-order chi connectivity index (χ1) is 30.9. The number of likely N-dealkylation sites (tertiary alicyclic amines) is 1. The van der Waals surface area contributed by atoms with Gasteiger partial charge in [-0.15, -0.1) is 0 Å². The number of para-hydroxylation sites is 1. The lowest BCUT2D eigenvalue weighted by atomic mass is 9.96. The lowest BCUT2D eigenvalue weighted by Gasteiger charge is -2.34. The van der Waals surface area contributed by atoms with Crippen LogP contribution in [0.2, 0.25) is 0 Å². The standard InChI is InChI=1S/C22H25F2N7O3.C22H26N4O4/c23-19(24)18-16(11-31(28-18)13-4-2-1-3-5-13)26-21(32)15-9-25-30-7-6-17(27-20(15)30)29-10-14-8-22(29,33)12-34-14;1-24-12-10-16(11-13-24)30-14-4-6-15-5-3-7-17-20(15)25(2)22(29)26(17)18-8-9-19(27)23-21(18)28/h6-7,9,11,13-14,19,33H,1-5,8,10,12H2,(H,26,32);3,5,7,16,18H,8-14H2,1-2H3,(H,23,27,28). The third kappa shape index (κ3) is 8.52. The Balaban J connectivity index is 0.000000163. The minimum absolute atomic E-state index is 0.00982. The number of amides is 3. The Labute approximate surface area is 366 Å². The topological polar surface area (TPSA) is 195 Å². The van der Waals surface area contributed by atoms with E-state index >= 15 is 0 Å². The molecule has 5 aliphatic rings. The smallest absolute Gasteiger partial charge is 0.329 e. The van der Waals surface area contributed by atoms with Crippen molar-refractivity contribution in [2.24, 2.45) is 7.05 Å². The number of alkyl halides is 2. The minimum atomic E-state index is -2.82. The molecule has 2 bridgehead atoms. The maximum Gasteiger partial charge on any atom is 0.329 e. The summed E-state index contributed by atoms with van der Waals surface area (Å²) >= 11 is 0. The van der Waals surface area contributed by atoms with Crippen molar-refractivity contribution in [2.45, 2.75) is 101 Å². The molecule has 5 aromatic rings. The van der Waals surface area contributed by atoms with E-state index in [0.717, 1.165) is 58.0 Å². The van der Waals surface area contributed by atoms with Crippen LogP contribution in [0.15, 0.2) is 47.7 Å². The molecule has 3 amide bonds. The van der Waals surface area contributed by atoms with Crippen LogP contribution in [0.3, 0.4) is 0 Å². The molecule has 20 heteroatoms. The van der Waals surface area contributed by atoms with E-state index in [-0.39, 0.29) is 59.8 Å². The number of aryl methyl sites for hydroxylation is 1. The Hall–Kier alpha value is -6.01. The summed E-state index contributed by atoms with van der Waals surface area (Å²) in [6, 6.07) is 6.56. The molecule has 4 saturated heterocycles. The van der Waals surface area contributed by atoms with E-state index in [0.29, 0.717) is 48.4 Å². The van der Waals surface area contributed by atoms with Gasteiger partial charge in [0.15, 0.2) is 17.1 Å². The fraction of sp³-hybridized carbons (Fsp3) is 0.523. The second-order valence-electron chi connectivity index (χ2n) is 17.3. The number of carbonyl (C=O) groups is 3. The normalized spacial score (nSPS) is 23.1. The molecule has 1 aromatic carbocycles. The number of aromatic nitrogens is 7. The molecular weight excluding hydrogens is 833 g/mol. The van der Waals surface area contributed by atoms with E-state index in [1.807, 2.05) is 12.1 Å². The van der Waals surface area contributed by atoms with Gasteiger partial charge < -0.3 is 29.7 Å². The molecule has 3 unspecified atom stereocenters. The molecule has 18 nitrogen and oxygen atoms in total. The summed E-state index contributed by atoms with van der Waals surface area (Å²) in [7, 11) is 3.79. The molecule has 0 spiro atoms. The molecule has 4 aromatic heterocycles. The van der Waals surface area contributed by atoms with Crippen LogP contribution in [-0.4, -0.2) is 119 Å². The molecule has 0 radical (unpaired) electrons. The molecule has 3 atom stereocenters. The number of rotatable bonds is 8. The van der Waals surface area contributed by atoms with Gasteiger partial charge in [0.25, 0.3) is 12.3 Å². The van der Waals surface area contributed by atoms with Crippen LogP contribution < -0.4 is 21.2 Å². The highest BCUT2D eigenvalue weighted by atomic mass is 19.3. The summed E-state index contributed by atoms with van der Waals surface area (Å²) in [5.41, 5.74) is 0.558. The Bertz CT molecular complexity index is 2700. The van der Waals surface area contributed by atoms with E-state index in [9.17, 15) is 33.1 Å². The summed E-state index contributed by atoms with van der Waals surface area (Å²) in [5.74, 6) is 5.34. The van der Waals surface area contributed by atoms with Crippen LogP contribution in [0.4, 0.5) is 20.3 Å². The van der Waals surface area contributed by atoms with Gasteiger partial charge in [0.1, 0.15) is 24.0 Å². The maximum atomic E-state index is 13.7. The average molecular weight is 884 g/mol. The number of aliphatic hydroxyl groups is 1. The number of hydrogen-bond acceptors (Lipinski definition) is 12. The summed E-state index contributed by atoms with van der Waals surface area (Å²) < 4.78 is 44.8. The Morgan fingerprint density at radius 3 is 2.61 bits per heavy atom. The largest absolute Gasteiger partial charge is 0.371 e. The zero-order valence-corrected chi connectivity index (χ0v) is 35.7. The first-order valence-corrected chi connectivity index (χ1v) is 21.8. The SMILES string of the molecule is CN1CCC(OCC#Cc2cccc3c2n(C)c(=O)n3C2CCC(=O)NC2=O)CC1.O=C(Nc1cn(C2CCCCC2)nc1C(F)F)c1cnn2ccc(N3CC4CC3(O)CO4)nc12. The van der Waals surface area contributed by atoms with Crippen molar-refractivity contribution in [1.29, 1.82) is 0 Å². The van der Waals surface area contributed by atoms with Crippen LogP contribution >= 0.6 is 0 Å². The van der Waals surface area contributed by atoms with Crippen molar-refractivity contribution in [2.75, 3.05) is 50.1 Å². The summed E-state index contributed by atoms with van der Waals surface area (Å²) in [5, 5.41) is 24.0. The Kier molecular flexibility index (Phi) is 12.1. The lowest BCUT2D eigenvalue weighted by Crippen LogP contribution is -2.49. The van der Waals surface area contributed by atoms with Crippen LogP contribution in [-0.2, 0) is 26.1 Å². The number of fused-ring (bicyclic) bond motifs is 4. The highest BCUT2D eigenvalue weighted by Crippen LogP contribution is 2.39. The zero-order chi connectivity index (χ0) is 44.7. The van der Waals surface area contributed by atoms with Crippen molar-refractivity contribution >= 4 is 45.9 Å². The monoisotopic (exact) mass is 883 g/mol. The maximum absolute atomic E-state index is 13.7. The van der Waals surface area contributed by atoms with Gasteiger partial charge in [-0.2, -0.15) is 10.2 Å². The predicted octanol–water partition coefficient (Wildman–Crippen LogP) is 3.70.